The van der Waals surface area contributed by atoms with Crippen molar-refractivity contribution in [3.63, 3.8) is 0 Å². The summed E-state index contributed by atoms with van der Waals surface area (Å²) < 4.78 is 0. The number of nitrogens with zero attached hydrogens (tertiary/aromatic N) is 1. The number of hydrogen-bond donors (Lipinski definition) is 1. The fraction of sp³-hybridized carbons (Fsp3) is 0.800. The Morgan fingerprint density at radius 2 is 1.79 bits per heavy atom. The standard InChI is InChI=1S/C10H19NO3/c1-6-7(9(13)14)8(12)11(5)10(2,3)4/h7H,6H2,1-5H3,(H,13,14). The van der Waals surface area contributed by atoms with Crippen molar-refractivity contribution >= 4 is 11.9 Å². The Labute approximate surface area is 84.9 Å². The minimum atomic E-state index is -1.05. The lowest BCUT2D eigenvalue weighted by molar-refractivity contribution is -0.152. The van der Waals surface area contributed by atoms with E-state index in [4.69, 9.17) is 5.11 Å². The fourth-order valence-corrected chi connectivity index (χ4v) is 1.02. The molecule has 4 nitrogen and oxygen atoms in total. The van der Waals surface area contributed by atoms with Crippen LogP contribution in [0.4, 0.5) is 0 Å². The first-order valence-electron chi connectivity index (χ1n) is 4.72. The zero-order valence-electron chi connectivity index (χ0n) is 9.50. The number of carboxylic acid groups (broad SMARTS) is 1. The van der Waals surface area contributed by atoms with Gasteiger partial charge in [-0.1, -0.05) is 6.92 Å². The first-order chi connectivity index (χ1) is 6.21. The lowest BCUT2D eigenvalue weighted by atomic mass is 10.0. The highest BCUT2D eigenvalue weighted by molar-refractivity contribution is 5.97. The Kier molecular flexibility index (Phi) is 4.10. The second kappa shape index (κ2) is 4.44. The highest BCUT2D eigenvalue weighted by Gasteiger charge is 2.31. The van der Waals surface area contributed by atoms with Gasteiger partial charge >= 0.3 is 5.97 Å². The van der Waals surface area contributed by atoms with Gasteiger partial charge in [-0.15, -0.1) is 0 Å². The van der Waals surface area contributed by atoms with E-state index in [2.05, 4.69) is 0 Å². The van der Waals surface area contributed by atoms with E-state index in [-0.39, 0.29) is 11.4 Å². The van der Waals surface area contributed by atoms with Crippen molar-refractivity contribution in [2.24, 2.45) is 5.92 Å². The van der Waals surface area contributed by atoms with Gasteiger partial charge in [-0.2, -0.15) is 0 Å². The Bertz CT molecular complexity index is 230. The maximum Gasteiger partial charge on any atom is 0.316 e. The largest absolute Gasteiger partial charge is 0.481 e. The average molecular weight is 201 g/mol. The zero-order chi connectivity index (χ0) is 11.5. The van der Waals surface area contributed by atoms with E-state index >= 15 is 0 Å². The van der Waals surface area contributed by atoms with E-state index in [0.717, 1.165) is 0 Å². The molecule has 1 unspecified atom stereocenters. The summed E-state index contributed by atoms with van der Waals surface area (Å²) in [6.45, 7) is 7.32. The van der Waals surface area contributed by atoms with E-state index in [1.165, 1.54) is 4.90 Å². The highest BCUT2D eigenvalue weighted by Crippen LogP contribution is 2.16. The molecule has 0 rings (SSSR count). The monoisotopic (exact) mass is 201 g/mol. The third-order valence-corrected chi connectivity index (χ3v) is 2.34. The van der Waals surface area contributed by atoms with Crippen molar-refractivity contribution < 1.29 is 14.7 Å². The lowest BCUT2D eigenvalue weighted by Gasteiger charge is -2.33. The topological polar surface area (TPSA) is 57.6 Å². The summed E-state index contributed by atoms with van der Waals surface area (Å²) in [5.74, 6) is -2.29. The van der Waals surface area contributed by atoms with Crippen LogP contribution >= 0.6 is 0 Å². The molecule has 0 radical (unpaired) electrons. The van der Waals surface area contributed by atoms with Crippen LogP contribution in [0, 0.1) is 5.92 Å². The van der Waals surface area contributed by atoms with E-state index in [1.54, 1.807) is 14.0 Å². The number of rotatable bonds is 3. The van der Waals surface area contributed by atoms with Gasteiger partial charge in [0.05, 0.1) is 0 Å². The Morgan fingerprint density at radius 1 is 1.36 bits per heavy atom. The average Bonchev–Trinajstić information content (AvgIpc) is 2.01. The first kappa shape index (κ1) is 12.9. The molecule has 0 aliphatic carbocycles. The van der Waals surface area contributed by atoms with Crippen LogP contribution in [0.25, 0.3) is 0 Å². The molecule has 0 aliphatic rings. The van der Waals surface area contributed by atoms with Crippen molar-refractivity contribution in [2.45, 2.75) is 39.7 Å². The van der Waals surface area contributed by atoms with Gasteiger partial charge in [0.2, 0.25) is 5.91 Å². The summed E-state index contributed by atoms with van der Waals surface area (Å²) in [6.07, 6.45) is 0.328. The smallest absolute Gasteiger partial charge is 0.316 e. The van der Waals surface area contributed by atoms with E-state index in [0.29, 0.717) is 6.42 Å². The van der Waals surface area contributed by atoms with Crippen LogP contribution in [0.15, 0.2) is 0 Å². The molecule has 4 heteroatoms. The third-order valence-electron chi connectivity index (χ3n) is 2.34. The molecule has 1 amide bonds. The summed E-state index contributed by atoms with van der Waals surface area (Å²) >= 11 is 0. The molecule has 0 bridgehead atoms. The van der Waals surface area contributed by atoms with Gasteiger partial charge in [-0.25, -0.2) is 0 Å². The summed E-state index contributed by atoms with van der Waals surface area (Å²) in [5, 5.41) is 8.81. The molecule has 0 aromatic rings. The Balaban J connectivity index is 4.68. The summed E-state index contributed by atoms with van der Waals surface area (Å²) in [5.41, 5.74) is -0.333. The van der Waals surface area contributed by atoms with Crippen LogP contribution in [0.1, 0.15) is 34.1 Å². The number of carbonyl (C=O) groups excluding carboxylic acids is 1. The van der Waals surface area contributed by atoms with Crippen LogP contribution in [-0.4, -0.2) is 34.5 Å². The molecule has 0 aliphatic heterocycles. The first-order valence-corrected chi connectivity index (χ1v) is 4.72. The second-order valence-corrected chi connectivity index (χ2v) is 4.37. The fourth-order valence-electron chi connectivity index (χ4n) is 1.02. The minimum absolute atomic E-state index is 0.326. The molecule has 0 aromatic carbocycles. The molecule has 0 fully saturated rings. The van der Waals surface area contributed by atoms with Crippen LogP contribution in [-0.2, 0) is 9.59 Å². The summed E-state index contributed by atoms with van der Waals surface area (Å²) in [4.78, 5) is 23.9. The zero-order valence-corrected chi connectivity index (χ0v) is 9.50. The molecule has 82 valence electrons. The number of aliphatic carboxylic acids is 1. The Morgan fingerprint density at radius 3 is 2.00 bits per heavy atom. The SMILES string of the molecule is CCC(C(=O)O)C(=O)N(C)C(C)(C)C. The molecular formula is C10H19NO3. The number of amides is 1. The molecule has 0 heterocycles. The van der Waals surface area contributed by atoms with Gasteiger partial charge in [0.25, 0.3) is 0 Å². The van der Waals surface area contributed by atoms with Gasteiger partial charge in [0.15, 0.2) is 0 Å². The van der Waals surface area contributed by atoms with Crippen molar-refractivity contribution in [1.82, 2.24) is 4.90 Å². The van der Waals surface area contributed by atoms with Crippen LogP contribution in [0.3, 0.4) is 0 Å². The molecular weight excluding hydrogens is 182 g/mol. The maximum atomic E-state index is 11.7. The molecule has 14 heavy (non-hydrogen) atoms. The van der Waals surface area contributed by atoms with Crippen molar-refractivity contribution in [3.05, 3.63) is 0 Å². The maximum absolute atomic E-state index is 11.7. The number of hydrogen-bond acceptors (Lipinski definition) is 2. The molecule has 1 atom stereocenters. The molecule has 1 N–H and O–H groups in total. The number of carbonyl (C=O) groups is 2. The predicted molar refractivity (Wildman–Crippen MR) is 53.9 cm³/mol. The van der Waals surface area contributed by atoms with Crippen LogP contribution < -0.4 is 0 Å². The molecule has 0 spiro atoms. The van der Waals surface area contributed by atoms with Crippen molar-refractivity contribution in [1.29, 1.82) is 0 Å². The van der Waals surface area contributed by atoms with Crippen LogP contribution in [0.5, 0.6) is 0 Å². The summed E-state index contributed by atoms with van der Waals surface area (Å²) in [7, 11) is 1.63. The van der Waals surface area contributed by atoms with Crippen LogP contribution in [0.2, 0.25) is 0 Å². The van der Waals surface area contributed by atoms with Gasteiger partial charge in [-0.05, 0) is 27.2 Å². The van der Waals surface area contributed by atoms with Gasteiger partial charge in [0.1, 0.15) is 5.92 Å². The van der Waals surface area contributed by atoms with Crippen molar-refractivity contribution in [2.75, 3.05) is 7.05 Å². The third kappa shape index (κ3) is 3.01. The Hall–Kier alpha value is -1.06. The molecule has 0 saturated carbocycles. The quantitative estimate of drug-likeness (QED) is 0.701. The predicted octanol–water partition coefficient (Wildman–Crippen LogP) is 1.35. The van der Waals surface area contributed by atoms with Gasteiger partial charge in [-0.3, -0.25) is 9.59 Å². The van der Waals surface area contributed by atoms with E-state index in [1.807, 2.05) is 20.8 Å². The lowest BCUT2D eigenvalue weighted by Crippen LogP contribution is -2.47. The van der Waals surface area contributed by atoms with Gasteiger partial charge < -0.3 is 10.0 Å². The van der Waals surface area contributed by atoms with E-state index < -0.39 is 11.9 Å². The summed E-state index contributed by atoms with van der Waals surface area (Å²) in [6, 6.07) is 0. The molecule has 0 aromatic heterocycles. The molecule has 0 saturated heterocycles. The minimum Gasteiger partial charge on any atom is -0.481 e. The van der Waals surface area contributed by atoms with Crippen molar-refractivity contribution in [3.8, 4) is 0 Å². The highest BCUT2D eigenvalue weighted by atomic mass is 16.4. The normalized spacial score (nSPS) is 13.5. The van der Waals surface area contributed by atoms with E-state index in [9.17, 15) is 9.59 Å². The second-order valence-electron chi connectivity index (χ2n) is 4.37. The number of carboxylic acids is 1. The van der Waals surface area contributed by atoms with Gasteiger partial charge in [0, 0.05) is 12.6 Å².